The van der Waals surface area contributed by atoms with Crippen LogP contribution in [0.2, 0.25) is 0 Å². The van der Waals surface area contributed by atoms with E-state index in [0.717, 1.165) is 22.0 Å². The van der Waals surface area contributed by atoms with Gasteiger partial charge in [0.2, 0.25) is 0 Å². The number of nitrogens with one attached hydrogen (secondary N) is 3. The molecule has 0 spiro atoms. The van der Waals surface area contributed by atoms with E-state index in [1.165, 1.54) is 0 Å². The fourth-order valence-electron chi connectivity index (χ4n) is 3.97. The second-order valence-electron chi connectivity index (χ2n) is 8.70. The molecule has 0 saturated heterocycles. The molecule has 0 saturated carbocycles. The Hall–Kier alpha value is -4.30. The Labute approximate surface area is 216 Å². The highest BCUT2D eigenvalue weighted by Crippen LogP contribution is 2.20. The smallest absolute Gasteiger partial charge is 0.407 e. The van der Waals surface area contributed by atoms with Gasteiger partial charge in [0.05, 0.1) is 6.04 Å². The highest BCUT2D eigenvalue weighted by molar-refractivity contribution is 5.95. The second-order valence-corrected chi connectivity index (χ2v) is 8.70. The number of hydrogen-bond donors (Lipinski definition) is 4. The third-order valence-electron chi connectivity index (χ3n) is 5.89. The van der Waals surface area contributed by atoms with Gasteiger partial charge in [-0.25, -0.2) is 4.79 Å². The molecule has 8 heteroatoms. The molecule has 0 aliphatic carbocycles. The zero-order valence-electron chi connectivity index (χ0n) is 20.6. The van der Waals surface area contributed by atoms with Crippen LogP contribution in [0.3, 0.4) is 0 Å². The normalized spacial score (nSPS) is 11.6. The van der Waals surface area contributed by atoms with Crippen molar-refractivity contribution in [2.24, 2.45) is 5.73 Å². The van der Waals surface area contributed by atoms with E-state index in [4.69, 9.17) is 15.2 Å². The molecule has 4 rings (SSSR count). The molecule has 0 bridgehead atoms. The van der Waals surface area contributed by atoms with Crippen LogP contribution in [0.1, 0.15) is 27.9 Å². The molecular formula is C29H32N4O4. The summed E-state index contributed by atoms with van der Waals surface area (Å²) < 4.78 is 11.3. The van der Waals surface area contributed by atoms with E-state index >= 15 is 0 Å². The molecule has 0 aliphatic rings. The van der Waals surface area contributed by atoms with Crippen molar-refractivity contribution in [2.45, 2.75) is 25.5 Å². The number of rotatable bonds is 12. The first-order chi connectivity index (χ1) is 18.1. The average Bonchev–Trinajstić information content (AvgIpc) is 3.34. The summed E-state index contributed by atoms with van der Waals surface area (Å²) in [4.78, 5) is 28.6. The molecule has 0 unspecified atom stereocenters. The lowest BCUT2D eigenvalue weighted by Gasteiger charge is -2.19. The van der Waals surface area contributed by atoms with Gasteiger partial charge in [0.15, 0.2) is 0 Å². The Morgan fingerprint density at radius 1 is 0.973 bits per heavy atom. The van der Waals surface area contributed by atoms with Crippen LogP contribution in [0.5, 0.6) is 5.75 Å². The molecule has 3 aromatic carbocycles. The van der Waals surface area contributed by atoms with Crippen LogP contribution in [-0.2, 0) is 17.8 Å². The van der Waals surface area contributed by atoms with E-state index < -0.39 is 12.1 Å². The molecule has 37 heavy (non-hydrogen) atoms. The number of amides is 2. The Kier molecular flexibility index (Phi) is 9.15. The number of fused-ring (bicyclic) bond motifs is 1. The van der Waals surface area contributed by atoms with E-state index in [-0.39, 0.29) is 12.5 Å². The number of aromatic nitrogens is 1. The van der Waals surface area contributed by atoms with Gasteiger partial charge in [0.25, 0.3) is 5.91 Å². The maximum absolute atomic E-state index is 13.2. The maximum Gasteiger partial charge on any atom is 0.407 e. The van der Waals surface area contributed by atoms with E-state index in [1.54, 1.807) is 18.2 Å². The summed E-state index contributed by atoms with van der Waals surface area (Å²) in [5.74, 6) is 0.322. The number of carbonyl (C=O) groups is 2. The van der Waals surface area contributed by atoms with Gasteiger partial charge < -0.3 is 30.8 Å². The molecule has 1 atom stereocenters. The minimum Gasteiger partial charge on any atom is -0.489 e. The van der Waals surface area contributed by atoms with Gasteiger partial charge in [0.1, 0.15) is 19.0 Å². The van der Waals surface area contributed by atoms with Crippen molar-refractivity contribution in [3.05, 3.63) is 102 Å². The first kappa shape index (κ1) is 25.8. The van der Waals surface area contributed by atoms with Crippen molar-refractivity contribution in [2.75, 3.05) is 19.7 Å². The number of para-hydroxylation sites is 1. The van der Waals surface area contributed by atoms with Gasteiger partial charge in [-0.1, -0.05) is 54.6 Å². The molecule has 1 heterocycles. The van der Waals surface area contributed by atoms with Crippen molar-refractivity contribution >= 4 is 22.9 Å². The number of alkyl carbamates (subject to hydrolysis) is 1. The number of ether oxygens (including phenoxy) is 2. The quantitative estimate of drug-likeness (QED) is 0.218. The van der Waals surface area contributed by atoms with E-state index in [1.807, 2.05) is 66.9 Å². The number of hydrogen-bond acceptors (Lipinski definition) is 5. The predicted molar refractivity (Wildman–Crippen MR) is 143 cm³/mol. The van der Waals surface area contributed by atoms with Crippen molar-refractivity contribution in [3.8, 4) is 5.75 Å². The molecule has 2 amide bonds. The first-order valence-corrected chi connectivity index (χ1v) is 12.4. The van der Waals surface area contributed by atoms with Gasteiger partial charge in [-0.15, -0.1) is 0 Å². The lowest BCUT2D eigenvalue weighted by atomic mass is 10.0. The van der Waals surface area contributed by atoms with Crippen LogP contribution >= 0.6 is 0 Å². The minimum absolute atomic E-state index is 0.0178. The summed E-state index contributed by atoms with van der Waals surface area (Å²) in [5.41, 5.74) is 9.00. The van der Waals surface area contributed by atoms with Gasteiger partial charge in [-0.05, 0) is 54.8 Å². The van der Waals surface area contributed by atoms with Gasteiger partial charge in [0, 0.05) is 29.2 Å². The number of H-pyrrole nitrogens is 1. The largest absolute Gasteiger partial charge is 0.489 e. The number of aromatic amines is 1. The fraction of sp³-hybridized carbons (Fsp3) is 0.241. The van der Waals surface area contributed by atoms with Crippen LogP contribution in [0.4, 0.5) is 4.79 Å². The topological polar surface area (TPSA) is 118 Å². The lowest BCUT2D eigenvalue weighted by Crippen LogP contribution is -2.41. The molecule has 5 N–H and O–H groups in total. The van der Waals surface area contributed by atoms with Crippen molar-refractivity contribution in [1.29, 1.82) is 0 Å². The summed E-state index contributed by atoms with van der Waals surface area (Å²) in [6, 6.07) is 24.4. The van der Waals surface area contributed by atoms with Crippen LogP contribution < -0.4 is 21.1 Å². The van der Waals surface area contributed by atoms with E-state index in [9.17, 15) is 9.59 Å². The standard InChI is InChI=1S/C29H32N4O4/c30-14-7-15-31-29(35)37-20-24(16-23-18-32-27-13-5-4-12-26(23)27)33-28(34)22-10-6-11-25(17-22)36-19-21-8-2-1-3-9-21/h1-6,8-13,17-18,24,32H,7,14-16,19-20,30H2,(H,31,35)(H,33,34)/t24-/m0/s1. The van der Waals surface area contributed by atoms with E-state index in [2.05, 4.69) is 15.6 Å². The molecule has 0 fully saturated rings. The second kappa shape index (κ2) is 13.1. The zero-order chi connectivity index (χ0) is 25.9. The maximum atomic E-state index is 13.2. The Morgan fingerprint density at radius 2 is 1.78 bits per heavy atom. The van der Waals surface area contributed by atoms with Crippen LogP contribution in [-0.4, -0.2) is 42.7 Å². The third kappa shape index (κ3) is 7.59. The molecule has 0 aliphatic heterocycles. The predicted octanol–water partition coefficient (Wildman–Crippen LogP) is 4.16. The van der Waals surface area contributed by atoms with Gasteiger partial charge in [-0.2, -0.15) is 0 Å². The van der Waals surface area contributed by atoms with Crippen LogP contribution in [0.15, 0.2) is 85.1 Å². The third-order valence-corrected chi connectivity index (χ3v) is 5.89. The minimum atomic E-state index is -0.539. The fourth-order valence-corrected chi connectivity index (χ4v) is 3.97. The van der Waals surface area contributed by atoms with Crippen molar-refractivity contribution < 1.29 is 19.1 Å². The molecule has 4 aromatic rings. The molecule has 192 valence electrons. The number of carbonyl (C=O) groups excluding carboxylic acids is 2. The molecular weight excluding hydrogens is 468 g/mol. The number of benzene rings is 3. The zero-order valence-corrected chi connectivity index (χ0v) is 20.6. The van der Waals surface area contributed by atoms with E-state index in [0.29, 0.717) is 43.9 Å². The average molecular weight is 501 g/mol. The Morgan fingerprint density at radius 3 is 2.62 bits per heavy atom. The first-order valence-electron chi connectivity index (χ1n) is 12.4. The summed E-state index contributed by atoms with van der Waals surface area (Å²) in [5, 5.41) is 6.76. The summed E-state index contributed by atoms with van der Waals surface area (Å²) in [6.45, 7) is 1.34. The van der Waals surface area contributed by atoms with Crippen LogP contribution in [0, 0.1) is 0 Å². The molecule has 1 aromatic heterocycles. The highest BCUT2D eigenvalue weighted by atomic mass is 16.5. The summed E-state index contributed by atoms with van der Waals surface area (Å²) in [7, 11) is 0. The summed E-state index contributed by atoms with van der Waals surface area (Å²) >= 11 is 0. The highest BCUT2D eigenvalue weighted by Gasteiger charge is 2.19. The number of nitrogens with two attached hydrogens (primary N) is 1. The van der Waals surface area contributed by atoms with Crippen molar-refractivity contribution in [1.82, 2.24) is 15.6 Å². The molecule has 0 radical (unpaired) electrons. The summed E-state index contributed by atoms with van der Waals surface area (Å²) in [6.07, 6.45) is 2.52. The van der Waals surface area contributed by atoms with Crippen LogP contribution in [0.25, 0.3) is 10.9 Å². The SMILES string of the molecule is NCCCNC(=O)OC[C@H](Cc1c[nH]c2ccccc12)NC(=O)c1cccc(OCc2ccccc2)c1. The van der Waals surface area contributed by atoms with Gasteiger partial charge >= 0.3 is 6.09 Å². The Bertz CT molecular complexity index is 1310. The Balaban J connectivity index is 1.43. The van der Waals surface area contributed by atoms with Crippen molar-refractivity contribution in [3.63, 3.8) is 0 Å². The molecule has 8 nitrogen and oxygen atoms in total. The lowest BCUT2D eigenvalue weighted by molar-refractivity contribution is 0.0892. The van der Waals surface area contributed by atoms with Gasteiger partial charge in [-0.3, -0.25) is 4.79 Å². The monoisotopic (exact) mass is 500 g/mol.